The molecule has 24 heavy (non-hydrogen) atoms. The molecule has 0 atom stereocenters. The molecule has 0 aliphatic heterocycles. The maximum Gasteiger partial charge on any atom is 0.275 e. The molecule has 0 spiro atoms. The highest BCUT2D eigenvalue weighted by Gasteiger charge is 2.12. The highest BCUT2D eigenvalue weighted by molar-refractivity contribution is 6.03. The summed E-state index contributed by atoms with van der Waals surface area (Å²) in [6, 6.07) is 5.63. The third-order valence-electron chi connectivity index (χ3n) is 3.53. The molecule has 0 unspecified atom stereocenters. The van der Waals surface area contributed by atoms with E-state index in [-0.39, 0.29) is 5.91 Å². The Bertz CT molecular complexity index is 907. The van der Waals surface area contributed by atoms with Crippen LogP contribution >= 0.6 is 0 Å². The van der Waals surface area contributed by atoms with Crippen LogP contribution in [0.1, 0.15) is 27.4 Å². The van der Waals surface area contributed by atoms with Crippen molar-refractivity contribution in [3.63, 3.8) is 0 Å². The Kier molecular flexibility index (Phi) is 4.29. The van der Waals surface area contributed by atoms with Gasteiger partial charge < -0.3 is 5.32 Å². The van der Waals surface area contributed by atoms with Gasteiger partial charge in [-0.25, -0.2) is 9.97 Å². The van der Waals surface area contributed by atoms with Gasteiger partial charge in [0.05, 0.1) is 11.9 Å². The first-order valence-electron chi connectivity index (χ1n) is 7.52. The molecule has 0 aliphatic rings. The van der Waals surface area contributed by atoms with E-state index in [0.29, 0.717) is 11.5 Å². The van der Waals surface area contributed by atoms with E-state index in [4.69, 9.17) is 0 Å². The Balaban J connectivity index is 1.94. The van der Waals surface area contributed by atoms with Gasteiger partial charge in [-0.15, -0.1) is 0 Å². The number of carbonyl (C=O) groups is 1. The highest BCUT2D eigenvalue weighted by Crippen LogP contribution is 2.23. The molecule has 120 valence electrons. The summed E-state index contributed by atoms with van der Waals surface area (Å²) < 4.78 is 0. The third-order valence-corrected chi connectivity index (χ3v) is 3.53. The molecular weight excluding hydrogens is 302 g/mol. The minimum atomic E-state index is -0.318. The van der Waals surface area contributed by atoms with Crippen LogP contribution in [0.5, 0.6) is 0 Å². The van der Waals surface area contributed by atoms with Crippen molar-refractivity contribution in [1.29, 1.82) is 0 Å². The van der Waals surface area contributed by atoms with Gasteiger partial charge in [-0.3, -0.25) is 14.8 Å². The highest BCUT2D eigenvalue weighted by atomic mass is 16.1. The number of aryl methyl sites for hydroxylation is 3. The van der Waals surface area contributed by atoms with Crippen molar-refractivity contribution < 1.29 is 4.79 Å². The molecule has 3 heterocycles. The van der Waals surface area contributed by atoms with Crippen LogP contribution < -0.4 is 5.32 Å². The fourth-order valence-corrected chi connectivity index (χ4v) is 2.41. The SMILES string of the molecule is Cc1cncc(NC(=O)c2cc(-c3cnccc3C)cc(C)n2)n1. The van der Waals surface area contributed by atoms with Gasteiger partial charge in [0.2, 0.25) is 0 Å². The number of hydrogen-bond donors (Lipinski definition) is 1. The molecule has 0 bridgehead atoms. The second kappa shape index (κ2) is 6.54. The molecule has 6 heteroatoms. The number of nitrogens with one attached hydrogen (secondary N) is 1. The smallest absolute Gasteiger partial charge is 0.275 e. The Hall–Kier alpha value is -3.15. The average molecular weight is 319 g/mol. The van der Waals surface area contributed by atoms with Crippen LogP contribution in [-0.2, 0) is 0 Å². The Morgan fingerprint density at radius 1 is 0.958 bits per heavy atom. The first kappa shape index (κ1) is 15.7. The van der Waals surface area contributed by atoms with E-state index in [1.54, 1.807) is 24.7 Å². The molecule has 6 nitrogen and oxygen atoms in total. The van der Waals surface area contributed by atoms with Gasteiger partial charge in [-0.05, 0) is 50.1 Å². The third kappa shape index (κ3) is 3.43. The van der Waals surface area contributed by atoms with Gasteiger partial charge in [0, 0.05) is 29.8 Å². The van der Waals surface area contributed by atoms with E-state index in [0.717, 1.165) is 28.1 Å². The zero-order chi connectivity index (χ0) is 17.1. The van der Waals surface area contributed by atoms with E-state index in [9.17, 15) is 4.79 Å². The van der Waals surface area contributed by atoms with Crippen LogP contribution in [0.4, 0.5) is 5.82 Å². The Morgan fingerprint density at radius 2 is 1.79 bits per heavy atom. The van der Waals surface area contributed by atoms with Crippen LogP contribution in [0.3, 0.4) is 0 Å². The van der Waals surface area contributed by atoms with Crippen LogP contribution in [0.2, 0.25) is 0 Å². The maximum atomic E-state index is 12.5. The maximum absolute atomic E-state index is 12.5. The summed E-state index contributed by atoms with van der Waals surface area (Å²) in [6.45, 7) is 5.68. The molecule has 1 amide bonds. The molecule has 1 N–H and O–H groups in total. The van der Waals surface area contributed by atoms with Crippen LogP contribution in [0.25, 0.3) is 11.1 Å². The van der Waals surface area contributed by atoms with Crippen molar-refractivity contribution in [3.8, 4) is 11.1 Å². The van der Waals surface area contributed by atoms with Gasteiger partial charge in [-0.2, -0.15) is 0 Å². The van der Waals surface area contributed by atoms with Crippen molar-refractivity contribution in [1.82, 2.24) is 19.9 Å². The lowest BCUT2D eigenvalue weighted by Crippen LogP contribution is -2.15. The lowest BCUT2D eigenvalue weighted by atomic mass is 10.0. The van der Waals surface area contributed by atoms with Crippen molar-refractivity contribution >= 4 is 11.7 Å². The molecule has 0 aliphatic carbocycles. The second-order valence-corrected chi connectivity index (χ2v) is 5.57. The van der Waals surface area contributed by atoms with Gasteiger partial charge in [-0.1, -0.05) is 0 Å². The number of pyridine rings is 2. The summed E-state index contributed by atoms with van der Waals surface area (Å²) >= 11 is 0. The fraction of sp³-hybridized carbons (Fsp3) is 0.167. The first-order valence-corrected chi connectivity index (χ1v) is 7.52. The van der Waals surface area contributed by atoms with Crippen molar-refractivity contribution in [2.24, 2.45) is 0 Å². The number of hydrogen-bond acceptors (Lipinski definition) is 5. The minimum Gasteiger partial charge on any atom is -0.304 e. The molecule has 3 aromatic rings. The summed E-state index contributed by atoms with van der Waals surface area (Å²) in [5, 5.41) is 2.73. The first-order chi connectivity index (χ1) is 11.5. The monoisotopic (exact) mass is 319 g/mol. The van der Waals surface area contributed by atoms with Crippen LogP contribution in [0, 0.1) is 20.8 Å². The van der Waals surface area contributed by atoms with E-state index >= 15 is 0 Å². The average Bonchev–Trinajstić information content (AvgIpc) is 2.54. The lowest BCUT2D eigenvalue weighted by molar-refractivity contribution is 0.102. The predicted octanol–water partition coefficient (Wildman–Crippen LogP) is 3.11. The topological polar surface area (TPSA) is 80.7 Å². The molecule has 0 saturated carbocycles. The zero-order valence-electron chi connectivity index (χ0n) is 13.7. The van der Waals surface area contributed by atoms with E-state index in [1.165, 1.54) is 6.20 Å². The Morgan fingerprint density at radius 3 is 2.54 bits per heavy atom. The van der Waals surface area contributed by atoms with Gasteiger partial charge in [0.1, 0.15) is 5.69 Å². The lowest BCUT2D eigenvalue weighted by Gasteiger charge is -2.09. The van der Waals surface area contributed by atoms with Gasteiger partial charge in [0.15, 0.2) is 5.82 Å². The summed E-state index contributed by atoms with van der Waals surface area (Å²) in [6.07, 6.45) is 6.67. The number of carbonyl (C=O) groups excluding carboxylic acids is 1. The van der Waals surface area contributed by atoms with E-state index in [1.807, 2.05) is 32.9 Å². The van der Waals surface area contributed by atoms with Crippen molar-refractivity contribution in [2.45, 2.75) is 20.8 Å². The second-order valence-electron chi connectivity index (χ2n) is 5.57. The number of amides is 1. The largest absolute Gasteiger partial charge is 0.304 e. The van der Waals surface area contributed by atoms with Crippen molar-refractivity contribution in [2.75, 3.05) is 5.32 Å². The van der Waals surface area contributed by atoms with Crippen LogP contribution in [0.15, 0.2) is 43.0 Å². The number of nitrogens with zero attached hydrogens (tertiary/aromatic N) is 4. The number of anilines is 1. The van der Waals surface area contributed by atoms with E-state index < -0.39 is 0 Å². The molecule has 0 saturated heterocycles. The molecular formula is C18H17N5O. The summed E-state index contributed by atoms with van der Waals surface area (Å²) in [4.78, 5) is 29.2. The number of aromatic nitrogens is 4. The van der Waals surface area contributed by atoms with Crippen molar-refractivity contribution in [3.05, 3.63) is 65.6 Å². The van der Waals surface area contributed by atoms with Crippen LogP contribution in [-0.4, -0.2) is 25.8 Å². The summed E-state index contributed by atoms with van der Waals surface area (Å²) in [7, 11) is 0. The fourth-order valence-electron chi connectivity index (χ4n) is 2.41. The van der Waals surface area contributed by atoms with Gasteiger partial charge >= 0.3 is 0 Å². The van der Waals surface area contributed by atoms with E-state index in [2.05, 4.69) is 25.3 Å². The molecule has 3 aromatic heterocycles. The normalized spacial score (nSPS) is 10.5. The number of rotatable bonds is 3. The summed E-state index contributed by atoms with van der Waals surface area (Å²) in [5.74, 6) is 0.0869. The quantitative estimate of drug-likeness (QED) is 0.802. The standard InChI is InChI=1S/C18H17N5O/c1-11-4-5-19-9-15(11)14-6-12(2)21-16(7-14)18(24)23-17-10-20-8-13(3)22-17/h4-10H,1-3H3,(H,22,23,24). The minimum absolute atomic E-state index is 0.318. The Labute approximate surface area is 140 Å². The molecule has 0 aromatic carbocycles. The summed E-state index contributed by atoms with van der Waals surface area (Å²) in [5.41, 5.74) is 4.80. The molecule has 0 radical (unpaired) electrons. The molecule has 0 fully saturated rings. The zero-order valence-corrected chi connectivity index (χ0v) is 13.7. The molecule has 3 rings (SSSR count). The predicted molar refractivity (Wildman–Crippen MR) is 91.7 cm³/mol. The van der Waals surface area contributed by atoms with Gasteiger partial charge in [0.25, 0.3) is 5.91 Å².